The number of rotatable bonds is 12. The highest BCUT2D eigenvalue weighted by molar-refractivity contribution is 5.78. The number of hydrogen-bond acceptors (Lipinski definition) is 2. The van der Waals surface area contributed by atoms with Gasteiger partial charge in [-0.2, -0.15) is 0 Å². The Morgan fingerprint density at radius 2 is 1.32 bits per heavy atom. The number of ketones is 1. The van der Waals surface area contributed by atoms with Crippen LogP contribution in [0.4, 0.5) is 0 Å². The van der Waals surface area contributed by atoms with Crippen LogP contribution in [0.3, 0.4) is 0 Å². The molecule has 0 atom stereocenters. The number of Topliss-reactive ketones (excluding diaryl/α,β-unsaturated/α-hetero) is 1. The van der Waals surface area contributed by atoms with E-state index in [-0.39, 0.29) is 0 Å². The van der Waals surface area contributed by atoms with Crippen molar-refractivity contribution in [1.29, 1.82) is 0 Å². The minimum atomic E-state index is 0.474. The van der Waals surface area contributed by atoms with Crippen molar-refractivity contribution in [3.63, 3.8) is 0 Å². The number of carbonyl (C=O) groups is 1. The fraction of sp³-hybridized carbons (Fsp3) is 0.706. The van der Waals surface area contributed by atoms with E-state index >= 15 is 0 Å². The largest absolute Gasteiger partial charge is 0.474 e. The van der Waals surface area contributed by atoms with Crippen LogP contribution >= 0.6 is 0 Å². The second-order valence-corrected chi connectivity index (χ2v) is 4.63. The molecule has 0 aromatic rings. The average Bonchev–Trinajstić information content (AvgIpc) is 2.42. The first-order valence-electron chi connectivity index (χ1n) is 7.61. The smallest absolute Gasteiger partial charge is 0.132 e. The van der Waals surface area contributed by atoms with Crippen molar-refractivity contribution in [2.45, 2.75) is 78.1 Å². The fourth-order valence-electron chi connectivity index (χ4n) is 1.67. The van der Waals surface area contributed by atoms with Gasteiger partial charge in [0.2, 0.25) is 0 Å². The van der Waals surface area contributed by atoms with Gasteiger partial charge in [-0.3, -0.25) is 4.79 Å². The van der Waals surface area contributed by atoms with E-state index in [1.807, 2.05) is 0 Å². The van der Waals surface area contributed by atoms with Gasteiger partial charge in [0, 0.05) is 12.8 Å². The standard InChI is InChI=1S/C13H26O.C4H6O/c1-3-5-7-8-9-10-12-13(14)11-6-4-2;1-3-5-4-2/h3-12H2,1-2H3;3-4H,1-2H2. The van der Waals surface area contributed by atoms with Crippen LogP contribution in [-0.4, -0.2) is 5.78 Å². The van der Waals surface area contributed by atoms with Gasteiger partial charge in [-0.25, -0.2) is 0 Å². The monoisotopic (exact) mass is 268 g/mol. The molecule has 112 valence electrons. The molecular weight excluding hydrogens is 236 g/mol. The molecule has 0 aliphatic carbocycles. The first kappa shape index (κ1) is 20.3. The van der Waals surface area contributed by atoms with E-state index in [0.29, 0.717) is 5.78 Å². The summed E-state index contributed by atoms with van der Waals surface area (Å²) in [5, 5.41) is 0. The van der Waals surface area contributed by atoms with Crippen molar-refractivity contribution in [3.8, 4) is 0 Å². The molecule has 0 N–H and O–H groups in total. The first-order valence-corrected chi connectivity index (χ1v) is 7.61. The van der Waals surface area contributed by atoms with Crippen LogP contribution in [0.5, 0.6) is 0 Å². The van der Waals surface area contributed by atoms with Gasteiger partial charge in [0.1, 0.15) is 5.78 Å². The molecule has 2 heteroatoms. The van der Waals surface area contributed by atoms with Gasteiger partial charge in [-0.05, 0) is 12.8 Å². The van der Waals surface area contributed by atoms with E-state index in [0.717, 1.165) is 32.1 Å². The highest BCUT2D eigenvalue weighted by Crippen LogP contribution is 2.08. The van der Waals surface area contributed by atoms with Gasteiger partial charge in [0.05, 0.1) is 12.5 Å². The van der Waals surface area contributed by atoms with Gasteiger partial charge in [-0.15, -0.1) is 0 Å². The molecule has 0 heterocycles. The minimum Gasteiger partial charge on any atom is -0.474 e. The van der Waals surface area contributed by atoms with Crippen LogP contribution < -0.4 is 0 Å². The molecule has 0 bridgehead atoms. The predicted molar refractivity (Wildman–Crippen MR) is 84.0 cm³/mol. The molecule has 0 amide bonds. The summed E-state index contributed by atoms with van der Waals surface area (Å²) in [4.78, 5) is 11.3. The normalized spacial score (nSPS) is 9.16. The van der Waals surface area contributed by atoms with Crippen molar-refractivity contribution in [2.24, 2.45) is 0 Å². The second-order valence-electron chi connectivity index (χ2n) is 4.63. The second kappa shape index (κ2) is 19.3. The maximum absolute atomic E-state index is 11.3. The van der Waals surface area contributed by atoms with Crippen LogP contribution in [0.2, 0.25) is 0 Å². The summed E-state index contributed by atoms with van der Waals surface area (Å²) in [5.74, 6) is 0.474. The Bertz CT molecular complexity index is 203. The number of carbonyl (C=O) groups excluding carboxylic acids is 1. The molecule has 2 nitrogen and oxygen atoms in total. The predicted octanol–water partition coefficient (Wildman–Crippen LogP) is 5.79. The minimum absolute atomic E-state index is 0.474. The zero-order valence-electron chi connectivity index (χ0n) is 13.0. The van der Waals surface area contributed by atoms with Gasteiger partial charge >= 0.3 is 0 Å². The fourth-order valence-corrected chi connectivity index (χ4v) is 1.67. The van der Waals surface area contributed by atoms with E-state index in [2.05, 4.69) is 31.7 Å². The third-order valence-corrected chi connectivity index (χ3v) is 2.81. The summed E-state index contributed by atoms with van der Waals surface area (Å²) in [5.41, 5.74) is 0. The van der Waals surface area contributed by atoms with Crippen molar-refractivity contribution in [2.75, 3.05) is 0 Å². The molecular formula is C17H32O2. The Balaban J connectivity index is 0. The maximum atomic E-state index is 11.3. The Hall–Kier alpha value is -1.05. The number of ether oxygens (including phenoxy) is 1. The molecule has 0 saturated heterocycles. The van der Waals surface area contributed by atoms with Crippen LogP contribution in [0, 0.1) is 0 Å². The summed E-state index contributed by atoms with van der Waals surface area (Å²) in [6.07, 6.45) is 14.2. The SMILES string of the molecule is C=COC=C.CCCCCCCCC(=O)CCCC. The van der Waals surface area contributed by atoms with Gasteiger partial charge in [-0.1, -0.05) is 65.5 Å². The van der Waals surface area contributed by atoms with Crippen LogP contribution in [0.15, 0.2) is 25.7 Å². The molecule has 0 fully saturated rings. The molecule has 0 aliphatic heterocycles. The molecule has 0 unspecified atom stereocenters. The summed E-state index contributed by atoms with van der Waals surface area (Å²) >= 11 is 0. The Morgan fingerprint density at radius 1 is 0.842 bits per heavy atom. The van der Waals surface area contributed by atoms with E-state index in [1.54, 1.807) is 0 Å². The van der Waals surface area contributed by atoms with Crippen molar-refractivity contribution >= 4 is 5.78 Å². The number of hydrogen-bond donors (Lipinski definition) is 0. The third kappa shape index (κ3) is 22.6. The Labute approximate surface area is 119 Å². The molecule has 0 aliphatic rings. The highest BCUT2D eigenvalue weighted by atomic mass is 16.5. The first-order chi connectivity index (χ1) is 9.22. The zero-order chi connectivity index (χ0) is 14.8. The lowest BCUT2D eigenvalue weighted by Crippen LogP contribution is -1.96. The molecule has 0 spiro atoms. The van der Waals surface area contributed by atoms with Crippen LogP contribution in [0.25, 0.3) is 0 Å². The van der Waals surface area contributed by atoms with E-state index in [9.17, 15) is 4.79 Å². The molecule has 0 rings (SSSR count). The number of unbranched alkanes of at least 4 members (excludes halogenated alkanes) is 6. The van der Waals surface area contributed by atoms with Gasteiger partial charge < -0.3 is 4.74 Å². The van der Waals surface area contributed by atoms with Crippen molar-refractivity contribution < 1.29 is 9.53 Å². The summed E-state index contributed by atoms with van der Waals surface area (Å²) in [6.45, 7) is 10.9. The highest BCUT2D eigenvalue weighted by Gasteiger charge is 2.00. The summed E-state index contributed by atoms with van der Waals surface area (Å²) < 4.78 is 4.36. The lowest BCUT2D eigenvalue weighted by molar-refractivity contribution is -0.119. The Morgan fingerprint density at radius 3 is 1.79 bits per heavy atom. The average molecular weight is 268 g/mol. The van der Waals surface area contributed by atoms with Crippen molar-refractivity contribution in [1.82, 2.24) is 0 Å². The zero-order valence-corrected chi connectivity index (χ0v) is 13.0. The van der Waals surface area contributed by atoms with Gasteiger partial charge in [0.25, 0.3) is 0 Å². The quantitative estimate of drug-likeness (QED) is 0.331. The van der Waals surface area contributed by atoms with Crippen LogP contribution in [-0.2, 0) is 9.53 Å². The topological polar surface area (TPSA) is 26.3 Å². The lowest BCUT2D eigenvalue weighted by atomic mass is 10.1. The molecule has 0 aromatic heterocycles. The van der Waals surface area contributed by atoms with Gasteiger partial charge in [0.15, 0.2) is 0 Å². The van der Waals surface area contributed by atoms with E-state index in [1.165, 1.54) is 44.6 Å². The third-order valence-electron chi connectivity index (χ3n) is 2.81. The molecule has 0 aromatic carbocycles. The van der Waals surface area contributed by atoms with Crippen molar-refractivity contribution in [3.05, 3.63) is 25.7 Å². The lowest BCUT2D eigenvalue weighted by Gasteiger charge is -2.00. The molecule has 0 saturated carbocycles. The molecule has 0 radical (unpaired) electrons. The molecule has 19 heavy (non-hydrogen) atoms. The summed E-state index contributed by atoms with van der Waals surface area (Å²) in [7, 11) is 0. The maximum Gasteiger partial charge on any atom is 0.132 e. The van der Waals surface area contributed by atoms with Crippen LogP contribution in [0.1, 0.15) is 78.1 Å². The summed E-state index contributed by atoms with van der Waals surface area (Å²) in [6, 6.07) is 0. The van der Waals surface area contributed by atoms with E-state index in [4.69, 9.17) is 0 Å². The Kier molecular flexibility index (Phi) is 20.6. The van der Waals surface area contributed by atoms with E-state index < -0.39 is 0 Å².